The number of halogens is 3. The molecular weight excluding hydrogens is 179 g/mol. The fourth-order valence-electron chi connectivity index (χ4n) is 1.03. The van der Waals surface area contributed by atoms with E-state index < -0.39 is 17.5 Å². The Labute approximate surface area is 75.0 Å². The highest BCUT2D eigenvalue weighted by Crippen LogP contribution is 2.24. The van der Waals surface area contributed by atoms with E-state index in [1.54, 1.807) is 21.1 Å². The summed E-state index contributed by atoms with van der Waals surface area (Å²) < 4.78 is 38.5. The molecule has 0 radical (unpaired) electrons. The van der Waals surface area contributed by atoms with Gasteiger partial charge in [-0.2, -0.15) is 4.39 Å². The lowest BCUT2D eigenvalue weighted by Gasteiger charge is -2.23. The Bertz CT molecular complexity index is 328. The molecule has 0 aromatic heterocycles. The molecule has 72 valence electrons. The van der Waals surface area contributed by atoms with Gasteiger partial charge in [-0.15, -0.1) is 0 Å². The predicted octanol–water partition coefficient (Wildman–Crippen LogP) is 2.30. The summed E-state index contributed by atoms with van der Waals surface area (Å²) in [4.78, 5) is 0. The van der Waals surface area contributed by atoms with Crippen molar-refractivity contribution in [2.24, 2.45) is 0 Å². The van der Waals surface area contributed by atoms with Gasteiger partial charge < -0.3 is 0 Å². The Morgan fingerprint density at radius 2 is 1.46 bits per heavy atom. The van der Waals surface area contributed by atoms with Crippen LogP contribution < -0.4 is 4.48 Å². The lowest BCUT2D eigenvalue weighted by Crippen LogP contribution is -2.36. The molecule has 0 bridgehead atoms. The smallest absolute Gasteiger partial charge is 0.222 e. The van der Waals surface area contributed by atoms with Crippen LogP contribution in [0.25, 0.3) is 0 Å². The molecule has 0 amide bonds. The topological polar surface area (TPSA) is 0 Å². The van der Waals surface area contributed by atoms with Gasteiger partial charge in [-0.05, 0) is 6.07 Å². The van der Waals surface area contributed by atoms with E-state index in [2.05, 4.69) is 0 Å². The van der Waals surface area contributed by atoms with E-state index in [-0.39, 0.29) is 10.2 Å². The van der Waals surface area contributed by atoms with Crippen molar-refractivity contribution < 1.29 is 13.2 Å². The number of rotatable bonds is 1. The van der Waals surface area contributed by atoms with Gasteiger partial charge in [-0.1, -0.05) is 0 Å². The van der Waals surface area contributed by atoms with Crippen LogP contribution >= 0.6 is 0 Å². The van der Waals surface area contributed by atoms with Crippen LogP contribution in [0, 0.1) is 17.5 Å². The van der Waals surface area contributed by atoms with Crippen molar-refractivity contribution in [2.45, 2.75) is 0 Å². The maximum Gasteiger partial charge on any atom is 0.222 e. The summed E-state index contributed by atoms with van der Waals surface area (Å²) in [7, 11) is 5.03. The second-order valence-corrected chi connectivity index (χ2v) is 3.71. The molecule has 1 nitrogen and oxygen atoms in total. The lowest BCUT2D eigenvalue weighted by molar-refractivity contribution is 0.409. The molecule has 0 N–H and O–H groups in total. The Morgan fingerprint density at radius 3 is 1.92 bits per heavy atom. The zero-order valence-corrected chi connectivity index (χ0v) is 7.74. The van der Waals surface area contributed by atoms with Crippen molar-refractivity contribution in [3.63, 3.8) is 0 Å². The maximum absolute atomic E-state index is 13.1. The highest BCUT2D eigenvalue weighted by molar-refractivity contribution is 5.43. The van der Waals surface area contributed by atoms with Crippen LogP contribution in [0.2, 0.25) is 0 Å². The second kappa shape index (κ2) is 3.03. The molecule has 0 unspecified atom stereocenters. The van der Waals surface area contributed by atoms with Crippen molar-refractivity contribution in [3.05, 3.63) is 29.6 Å². The third-order valence-electron chi connectivity index (χ3n) is 1.74. The Balaban J connectivity index is 3.35. The minimum absolute atomic E-state index is 0.114. The first-order valence-corrected chi connectivity index (χ1v) is 3.79. The summed E-state index contributed by atoms with van der Waals surface area (Å²) in [6, 6.07) is 2.17. The van der Waals surface area contributed by atoms with Crippen molar-refractivity contribution >= 4 is 5.69 Å². The van der Waals surface area contributed by atoms with Gasteiger partial charge in [0.25, 0.3) is 0 Å². The second-order valence-electron chi connectivity index (χ2n) is 3.71. The molecule has 1 rings (SSSR count). The molecule has 0 aliphatic carbocycles. The van der Waals surface area contributed by atoms with Crippen LogP contribution in [0.15, 0.2) is 12.1 Å². The Morgan fingerprint density at radius 1 is 0.923 bits per heavy atom. The zero-order valence-electron chi connectivity index (χ0n) is 7.74. The first-order chi connectivity index (χ1) is 5.84. The molecule has 0 spiro atoms. The molecule has 0 atom stereocenters. The Hall–Kier alpha value is -1.03. The van der Waals surface area contributed by atoms with E-state index in [4.69, 9.17) is 0 Å². The molecule has 0 fully saturated rings. The lowest BCUT2D eigenvalue weighted by atomic mass is 10.2. The maximum atomic E-state index is 13.1. The van der Waals surface area contributed by atoms with E-state index >= 15 is 0 Å². The standard InChI is InChI=1S/C9H11F3N/c1-13(2,3)7-5-4-6(10)8(11)9(7)12/h4-5H,1-3H3/q+1. The quantitative estimate of drug-likeness (QED) is 0.471. The summed E-state index contributed by atoms with van der Waals surface area (Å²) in [5, 5.41) is 0. The molecule has 4 heteroatoms. The highest BCUT2D eigenvalue weighted by Gasteiger charge is 2.23. The first kappa shape index (κ1) is 10.1. The molecule has 13 heavy (non-hydrogen) atoms. The minimum atomic E-state index is -1.41. The van der Waals surface area contributed by atoms with Gasteiger partial charge in [0.15, 0.2) is 11.5 Å². The molecule has 0 saturated carbocycles. The summed E-state index contributed by atoms with van der Waals surface area (Å²) in [5.41, 5.74) is 0.124. The molecule has 0 aliphatic heterocycles. The molecule has 1 aromatic carbocycles. The fourth-order valence-corrected chi connectivity index (χ4v) is 1.03. The minimum Gasteiger partial charge on any atom is -0.296 e. The van der Waals surface area contributed by atoms with Gasteiger partial charge in [-0.3, -0.25) is 4.48 Å². The van der Waals surface area contributed by atoms with Crippen LogP contribution in [0.1, 0.15) is 0 Å². The molecule has 1 aromatic rings. The average molecular weight is 190 g/mol. The number of hydrogen-bond donors (Lipinski definition) is 0. The number of benzene rings is 1. The zero-order chi connectivity index (χ0) is 10.2. The molecule has 0 saturated heterocycles. The van der Waals surface area contributed by atoms with E-state index in [0.29, 0.717) is 0 Å². The third-order valence-corrected chi connectivity index (χ3v) is 1.74. The van der Waals surface area contributed by atoms with E-state index in [0.717, 1.165) is 6.07 Å². The van der Waals surface area contributed by atoms with Crippen molar-refractivity contribution in [2.75, 3.05) is 21.1 Å². The monoisotopic (exact) mass is 190 g/mol. The van der Waals surface area contributed by atoms with Crippen LogP contribution in [-0.4, -0.2) is 21.1 Å². The number of nitrogens with zero attached hydrogens (tertiary/aromatic N) is 1. The summed E-state index contributed by atoms with van der Waals surface area (Å²) in [6.07, 6.45) is 0. The fraction of sp³-hybridized carbons (Fsp3) is 0.333. The largest absolute Gasteiger partial charge is 0.296 e. The summed E-state index contributed by atoms with van der Waals surface area (Å²) in [5.74, 6) is -3.69. The normalized spacial score (nSPS) is 11.8. The van der Waals surface area contributed by atoms with Gasteiger partial charge in [0.2, 0.25) is 11.6 Å². The molecule has 0 heterocycles. The highest BCUT2D eigenvalue weighted by atomic mass is 19.2. The molecule has 0 aliphatic rings. The van der Waals surface area contributed by atoms with Crippen molar-refractivity contribution in [1.29, 1.82) is 0 Å². The van der Waals surface area contributed by atoms with Crippen molar-refractivity contribution in [1.82, 2.24) is 4.48 Å². The summed E-state index contributed by atoms with van der Waals surface area (Å²) in [6.45, 7) is 0. The first-order valence-electron chi connectivity index (χ1n) is 3.79. The number of quaternary nitrogens is 1. The average Bonchev–Trinajstić information content (AvgIpc) is 1.98. The van der Waals surface area contributed by atoms with Crippen LogP contribution in [-0.2, 0) is 0 Å². The predicted molar refractivity (Wildman–Crippen MR) is 45.9 cm³/mol. The van der Waals surface area contributed by atoms with Crippen LogP contribution in [0.4, 0.5) is 18.9 Å². The van der Waals surface area contributed by atoms with Gasteiger partial charge in [-0.25, -0.2) is 8.78 Å². The van der Waals surface area contributed by atoms with Gasteiger partial charge in [0, 0.05) is 6.07 Å². The van der Waals surface area contributed by atoms with Gasteiger partial charge in [0.05, 0.1) is 21.1 Å². The number of hydrogen-bond acceptors (Lipinski definition) is 0. The van der Waals surface area contributed by atoms with E-state index in [1.807, 2.05) is 0 Å². The summed E-state index contributed by atoms with van der Waals surface area (Å²) >= 11 is 0. The Kier molecular flexibility index (Phi) is 2.34. The van der Waals surface area contributed by atoms with E-state index in [1.165, 1.54) is 6.07 Å². The van der Waals surface area contributed by atoms with Gasteiger partial charge in [0.1, 0.15) is 0 Å². The third kappa shape index (κ3) is 1.83. The van der Waals surface area contributed by atoms with Crippen LogP contribution in [0.5, 0.6) is 0 Å². The van der Waals surface area contributed by atoms with Crippen LogP contribution in [0.3, 0.4) is 0 Å². The molecular formula is C9H11F3N+. The van der Waals surface area contributed by atoms with Gasteiger partial charge >= 0.3 is 0 Å². The van der Waals surface area contributed by atoms with E-state index in [9.17, 15) is 13.2 Å². The SMILES string of the molecule is C[N+](C)(C)c1ccc(F)c(F)c1F. The van der Waals surface area contributed by atoms with Crippen molar-refractivity contribution in [3.8, 4) is 0 Å².